The van der Waals surface area contributed by atoms with Crippen molar-refractivity contribution in [1.82, 2.24) is 14.5 Å². The van der Waals surface area contributed by atoms with Crippen molar-refractivity contribution in [2.45, 2.75) is 49.2 Å². The van der Waals surface area contributed by atoms with Gasteiger partial charge in [0, 0.05) is 30.7 Å². The lowest BCUT2D eigenvalue weighted by Crippen LogP contribution is -2.53. The second kappa shape index (κ2) is 10.6. The Bertz CT molecular complexity index is 1130. The van der Waals surface area contributed by atoms with Gasteiger partial charge in [0.05, 0.1) is 17.0 Å². The van der Waals surface area contributed by atoms with Gasteiger partial charge in [-0.3, -0.25) is 0 Å². The van der Waals surface area contributed by atoms with Crippen LogP contribution in [0.5, 0.6) is 0 Å². The van der Waals surface area contributed by atoms with Crippen molar-refractivity contribution in [2.75, 3.05) is 26.2 Å². The SMILES string of the molecule is C[C@H]1CNCCN1C(=O)OC[C@H]1CCC[C@@H](c2cccc(F)c2)N1S(=O)(=O)c1cccc(Cl)c1. The van der Waals surface area contributed by atoms with E-state index < -0.39 is 34.0 Å². The van der Waals surface area contributed by atoms with E-state index in [1.165, 1.54) is 28.6 Å². The number of hydrogen-bond acceptors (Lipinski definition) is 5. The van der Waals surface area contributed by atoms with Crippen LogP contribution >= 0.6 is 11.6 Å². The molecule has 7 nitrogen and oxygen atoms in total. The molecule has 10 heteroatoms. The van der Waals surface area contributed by atoms with Gasteiger partial charge in [0.15, 0.2) is 0 Å². The van der Waals surface area contributed by atoms with Crippen molar-refractivity contribution in [1.29, 1.82) is 0 Å². The first kappa shape index (κ1) is 24.9. The number of hydrogen-bond donors (Lipinski definition) is 1. The third-order valence-electron chi connectivity index (χ3n) is 6.42. The van der Waals surface area contributed by atoms with Crippen LogP contribution in [0, 0.1) is 5.82 Å². The van der Waals surface area contributed by atoms with Crippen LogP contribution in [-0.4, -0.2) is 62.0 Å². The minimum atomic E-state index is -4.02. The van der Waals surface area contributed by atoms with Gasteiger partial charge in [-0.05, 0) is 62.1 Å². The first-order chi connectivity index (χ1) is 16.3. The molecule has 2 aromatic rings. The van der Waals surface area contributed by atoms with E-state index in [9.17, 15) is 17.6 Å². The molecule has 0 aromatic heterocycles. The van der Waals surface area contributed by atoms with Crippen molar-refractivity contribution in [3.63, 3.8) is 0 Å². The molecule has 1 amide bonds. The lowest BCUT2D eigenvalue weighted by atomic mass is 9.93. The Morgan fingerprint density at radius 1 is 1.21 bits per heavy atom. The van der Waals surface area contributed by atoms with E-state index in [0.717, 1.165) is 6.42 Å². The molecule has 34 heavy (non-hydrogen) atoms. The van der Waals surface area contributed by atoms with E-state index in [1.807, 2.05) is 6.92 Å². The minimum absolute atomic E-state index is 0.0149. The van der Waals surface area contributed by atoms with Gasteiger partial charge in [-0.1, -0.05) is 29.8 Å². The number of carbonyl (C=O) groups excluding carboxylic acids is 1. The molecule has 2 saturated heterocycles. The highest BCUT2D eigenvalue weighted by atomic mass is 35.5. The minimum Gasteiger partial charge on any atom is -0.448 e. The quantitative estimate of drug-likeness (QED) is 0.653. The van der Waals surface area contributed by atoms with Crippen molar-refractivity contribution in [3.05, 3.63) is 64.9 Å². The number of sulfonamides is 1. The lowest BCUT2D eigenvalue weighted by Gasteiger charge is -2.41. The van der Waals surface area contributed by atoms with Crippen LogP contribution in [0.3, 0.4) is 0 Å². The predicted octanol–water partition coefficient (Wildman–Crippen LogP) is 4.19. The van der Waals surface area contributed by atoms with Gasteiger partial charge in [-0.25, -0.2) is 17.6 Å². The van der Waals surface area contributed by atoms with Crippen LogP contribution in [0.1, 0.15) is 37.8 Å². The zero-order valence-corrected chi connectivity index (χ0v) is 20.6. The number of ether oxygens (including phenoxy) is 1. The first-order valence-corrected chi connectivity index (χ1v) is 13.3. The number of piperidine rings is 1. The zero-order valence-electron chi connectivity index (χ0n) is 19.0. The van der Waals surface area contributed by atoms with Crippen LogP contribution in [-0.2, 0) is 14.8 Å². The third-order valence-corrected chi connectivity index (χ3v) is 8.61. The summed E-state index contributed by atoms with van der Waals surface area (Å²) in [7, 11) is -4.02. The summed E-state index contributed by atoms with van der Waals surface area (Å²) in [5.41, 5.74) is 0.567. The van der Waals surface area contributed by atoms with Crippen LogP contribution in [0.15, 0.2) is 53.4 Å². The maximum atomic E-state index is 14.0. The van der Waals surface area contributed by atoms with Crippen molar-refractivity contribution >= 4 is 27.7 Å². The molecule has 184 valence electrons. The number of rotatable bonds is 5. The summed E-state index contributed by atoms with van der Waals surface area (Å²) < 4.78 is 48.7. The molecule has 2 aliphatic rings. The molecule has 3 atom stereocenters. The van der Waals surface area contributed by atoms with Gasteiger partial charge >= 0.3 is 6.09 Å². The number of nitrogens with zero attached hydrogens (tertiary/aromatic N) is 2. The van der Waals surface area contributed by atoms with Crippen molar-refractivity contribution < 1.29 is 22.3 Å². The number of halogens is 2. The molecule has 2 aromatic carbocycles. The fourth-order valence-electron chi connectivity index (χ4n) is 4.72. The normalized spacial score (nSPS) is 24.1. The predicted molar refractivity (Wildman–Crippen MR) is 128 cm³/mol. The smallest absolute Gasteiger partial charge is 0.410 e. The molecule has 0 unspecified atom stereocenters. The van der Waals surface area contributed by atoms with Crippen molar-refractivity contribution in [2.24, 2.45) is 0 Å². The molecule has 2 aliphatic heterocycles. The van der Waals surface area contributed by atoms with E-state index in [0.29, 0.717) is 43.1 Å². The average Bonchev–Trinajstić information content (AvgIpc) is 2.82. The summed E-state index contributed by atoms with van der Waals surface area (Å²) in [5, 5.41) is 3.53. The van der Waals surface area contributed by atoms with Crippen LogP contribution in [0.4, 0.5) is 9.18 Å². The van der Waals surface area contributed by atoms with Gasteiger partial charge < -0.3 is 15.0 Å². The summed E-state index contributed by atoms with van der Waals surface area (Å²) in [6.45, 7) is 3.74. The fraction of sp³-hybridized carbons (Fsp3) is 0.458. The summed E-state index contributed by atoms with van der Waals surface area (Å²) >= 11 is 6.09. The van der Waals surface area contributed by atoms with E-state index in [4.69, 9.17) is 16.3 Å². The van der Waals surface area contributed by atoms with E-state index in [-0.39, 0.29) is 17.5 Å². The topological polar surface area (TPSA) is 79.0 Å². The monoisotopic (exact) mass is 509 g/mol. The van der Waals surface area contributed by atoms with Gasteiger partial charge in [-0.15, -0.1) is 0 Å². The molecular weight excluding hydrogens is 481 g/mol. The van der Waals surface area contributed by atoms with Gasteiger partial charge in [0.25, 0.3) is 0 Å². The van der Waals surface area contributed by atoms with Gasteiger partial charge in [0.1, 0.15) is 12.4 Å². The molecule has 0 radical (unpaired) electrons. The lowest BCUT2D eigenvalue weighted by molar-refractivity contribution is 0.0500. The Morgan fingerprint density at radius 3 is 2.74 bits per heavy atom. The molecule has 2 heterocycles. The molecular formula is C24H29ClFN3O4S. The average molecular weight is 510 g/mol. The largest absolute Gasteiger partial charge is 0.448 e. The molecule has 1 N–H and O–H groups in total. The maximum Gasteiger partial charge on any atom is 0.410 e. The first-order valence-electron chi connectivity index (χ1n) is 11.5. The Kier molecular flexibility index (Phi) is 7.77. The number of benzene rings is 2. The highest BCUT2D eigenvalue weighted by molar-refractivity contribution is 7.89. The molecule has 4 rings (SSSR count). The highest BCUT2D eigenvalue weighted by Gasteiger charge is 2.41. The third kappa shape index (κ3) is 5.38. The maximum absolute atomic E-state index is 14.0. The Hall–Kier alpha value is -2.20. The van der Waals surface area contributed by atoms with E-state index in [1.54, 1.807) is 29.2 Å². The molecule has 2 fully saturated rings. The van der Waals surface area contributed by atoms with Gasteiger partial charge in [0.2, 0.25) is 10.0 Å². The standard InChI is InChI=1S/C24H29ClFN3O4S/c1-17-15-27-11-12-28(17)24(30)33-16-21-8-4-10-23(18-5-2-7-20(26)13-18)29(21)34(31,32)22-9-3-6-19(25)14-22/h2-3,5-7,9,13-14,17,21,23,27H,4,8,10-12,15-16H2,1H3/t17-,21+,23-/m0/s1. The second-order valence-electron chi connectivity index (χ2n) is 8.77. The Balaban J connectivity index is 1.64. The summed E-state index contributed by atoms with van der Waals surface area (Å²) in [5.74, 6) is -0.432. The Labute approximate surface area is 204 Å². The molecule has 0 bridgehead atoms. The van der Waals surface area contributed by atoms with Crippen molar-refractivity contribution in [3.8, 4) is 0 Å². The molecule has 0 aliphatic carbocycles. The van der Waals surface area contributed by atoms with Crippen LogP contribution in [0.2, 0.25) is 5.02 Å². The number of nitrogens with one attached hydrogen (secondary N) is 1. The van der Waals surface area contributed by atoms with Crippen LogP contribution < -0.4 is 5.32 Å². The Morgan fingerprint density at radius 2 is 2.00 bits per heavy atom. The molecule has 0 spiro atoms. The number of piperazine rings is 1. The number of amides is 1. The molecule has 0 saturated carbocycles. The summed E-state index contributed by atoms with van der Waals surface area (Å²) in [6, 6.07) is 10.9. The zero-order chi connectivity index (χ0) is 24.3. The second-order valence-corrected chi connectivity index (χ2v) is 11.1. The van der Waals surface area contributed by atoms with E-state index in [2.05, 4.69) is 5.32 Å². The van der Waals surface area contributed by atoms with Gasteiger partial charge in [-0.2, -0.15) is 4.31 Å². The summed E-state index contributed by atoms with van der Waals surface area (Å²) in [4.78, 5) is 14.5. The van der Waals surface area contributed by atoms with E-state index >= 15 is 0 Å². The highest BCUT2D eigenvalue weighted by Crippen LogP contribution is 2.39. The van der Waals surface area contributed by atoms with Crippen LogP contribution in [0.25, 0.3) is 0 Å². The number of carbonyl (C=O) groups is 1. The fourth-order valence-corrected chi connectivity index (χ4v) is 6.86. The summed E-state index contributed by atoms with van der Waals surface area (Å²) in [6.07, 6.45) is 1.31.